The number of carboxylic acids is 1. The van der Waals surface area contributed by atoms with Gasteiger partial charge in [-0.05, 0) is 112 Å². The Morgan fingerprint density at radius 2 is 2.00 bits per heavy atom. The van der Waals surface area contributed by atoms with Crippen molar-refractivity contribution >= 4 is 11.8 Å². The Morgan fingerprint density at radius 1 is 1.22 bits per heavy atom. The highest BCUT2D eigenvalue weighted by Gasteiger charge is 2.38. The van der Waals surface area contributed by atoms with Crippen molar-refractivity contribution in [1.29, 1.82) is 0 Å². The number of carbonyl (C=O) groups is 1. The van der Waals surface area contributed by atoms with Gasteiger partial charge in [0.15, 0.2) is 11.6 Å². The van der Waals surface area contributed by atoms with Crippen molar-refractivity contribution in [2.24, 2.45) is 5.92 Å². The minimum Gasteiger partial charge on any atom is -0.493 e. The molecule has 0 bridgehead atoms. The highest BCUT2D eigenvalue weighted by Crippen LogP contribution is 2.43. The standard InChI is InChI=1S/C33H46FN3O4/c1-33(13-19-41-20-14-33)25-21-27(30(40-2)28(34)22-25)29(32(38)39)23-11-17-37(18-12-23)16-5-3-4-8-26-10-9-24-7-6-15-35-31(24)36-26/h9-10,21-23,29H,3-8,11-20H2,1-2H3,(H,35,36)(H,38,39)/t29-/m1/s1. The quantitative estimate of drug-likeness (QED) is 0.325. The molecule has 0 radical (unpaired) electrons. The number of methoxy groups -OCH3 is 1. The molecule has 1 aromatic heterocycles. The Morgan fingerprint density at radius 3 is 2.73 bits per heavy atom. The predicted molar refractivity (Wildman–Crippen MR) is 159 cm³/mol. The number of anilines is 1. The number of ether oxygens (including phenoxy) is 2. The van der Waals surface area contributed by atoms with Crippen molar-refractivity contribution in [3.63, 3.8) is 0 Å². The third-order valence-corrected chi connectivity index (χ3v) is 9.63. The highest BCUT2D eigenvalue weighted by atomic mass is 19.1. The molecular weight excluding hydrogens is 521 g/mol. The number of fused-ring (bicyclic) bond motifs is 1. The fourth-order valence-electron chi connectivity index (χ4n) is 6.94. The first kappa shape index (κ1) is 29.8. The number of likely N-dealkylation sites (tertiary alicyclic amines) is 1. The van der Waals surface area contributed by atoms with Crippen molar-refractivity contribution in [2.75, 3.05) is 51.8 Å². The van der Waals surface area contributed by atoms with E-state index in [1.165, 1.54) is 30.9 Å². The summed E-state index contributed by atoms with van der Waals surface area (Å²) < 4.78 is 26.3. The van der Waals surface area contributed by atoms with Crippen LogP contribution < -0.4 is 10.1 Å². The molecule has 4 heterocycles. The van der Waals surface area contributed by atoms with Crippen LogP contribution in [0.15, 0.2) is 24.3 Å². The lowest BCUT2D eigenvalue weighted by atomic mass is 9.73. The maximum absolute atomic E-state index is 15.3. The van der Waals surface area contributed by atoms with Gasteiger partial charge in [-0.15, -0.1) is 0 Å². The third kappa shape index (κ3) is 7.03. The summed E-state index contributed by atoms with van der Waals surface area (Å²) in [5.74, 6) is -1.08. The van der Waals surface area contributed by atoms with E-state index in [9.17, 15) is 9.90 Å². The van der Waals surface area contributed by atoms with Crippen LogP contribution in [0.25, 0.3) is 0 Å². The van der Waals surface area contributed by atoms with Crippen molar-refractivity contribution < 1.29 is 23.8 Å². The van der Waals surface area contributed by atoms with Gasteiger partial charge in [0, 0.05) is 31.0 Å². The molecule has 2 N–H and O–H groups in total. The molecule has 224 valence electrons. The zero-order valence-electron chi connectivity index (χ0n) is 24.7. The summed E-state index contributed by atoms with van der Waals surface area (Å²) in [6.07, 6.45) is 9.83. The van der Waals surface area contributed by atoms with E-state index in [0.29, 0.717) is 18.8 Å². The van der Waals surface area contributed by atoms with E-state index in [1.807, 2.05) is 6.07 Å². The molecular formula is C33H46FN3O4. The molecule has 7 nitrogen and oxygen atoms in total. The Hall–Kier alpha value is -2.71. The molecule has 2 saturated heterocycles. The summed E-state index contributed by atoms with van der Waals surface area (Å²) in [5, 5.41) is 13.8. The minimum atomic E-state index is -0.901. The van der Waals surface area contributed by atoms with Crippen LogP contribution in [-0.2, 0) is 27.8 Å². The minimum absolute atomic E-state index is 0.0570. The van der Waals surface area contributed by atoms with Gasteiger partial charge in [0.05, 0.1) is 13.0 Å². The van der Waals surface area contributed by atoms with Gasteiger partial charge in [-0.3, -0.25) is 4.79 Å². The van der Waals surface area contributed by atoms with Crippen molar-refractivity contribution in [3.05, 3.63) is 52.5 Å². The lowest BCUT2D eigenvalue weighted by Crippen LogP contribution is -2.38. The van der Waals surface area contributed by atoms with E-state index in [1.54, 1.807) is 0 Å². The number of rotatable bonds is 11. The van der Waals surface area contributed by atoms with Gasteiger partial charge in [-0.25, -0.2) is 9.37 Å². The molecule has 3 aliphatic rings. The van der Waals surface area contributed by atoms with Crippen LogP contribution in [0, 0.1) is 11.7 Å². The van der Waals surface area contributed by atoms with E-state index < -0.39 is 17.7 Å². The van der Waals surface area contributed by atoms with E-state index >= 15 is 4.39 Å². The Bertz CT molecular complexity index is 1190. The third-order valence-electron chi connectivity index (χ3n) is 9.63. The van der Waals surface area contributed by atoms with Gasteiger partial charge in [-0.1, -0.05) is 25.5 Å². The summed E-state index contributed by atoms with van der Waals surface area (Å²) in [6, 6.07) is 7.85. The summed E-state index contributed by atoms with van der Waals surface area (Å²) in [5.41, 5.74) is 3.59. The van der Waals surface area contributed by atoms with Crippen molar-refractivity contribution in [2.45, 2.75) is 82.5 Å². The maximum Gasteiger partial charge on any atom is 0.311 e. The van der Waals surface area contributed by atoms with Crippen LogP contribution in [0.4, 0.5) is 10.2 Å². The van der Waals surface area contributed by atoms with Gasteiger partial charge in [0.25, 0.3) is 0 Å². The number of hydrogen-bond donors (Lipinski definition) is 2. The van der Waals surface area contributed by atoms with Crippen LogP contribution in [-0.4, -0.2) is 67.5 Å². The molecule has 5 rings (SSSR count). The lowest BCUT2D eigenvalue weighted by Gasteiger charge is -2.37. The Balaban J connectivity index is 1.15. The van der Waals surface area contributed by atoms with E-state index in [-0.39, 0.29) is 17.1 Å². The van der Waals surface area contributed by atoms with Crippen LogP contribution in [0.2, 0.25) is 0 Å². The molecule has 2 fully saturated rings. The second kappa shape index (κ2) is 13.5. The van der Waals surface area contributed by atoms with Gasteiger partial charge in [-0.2, -0.15) is 0 Å². The molecule has 41 heavy (non-hydrogen) atoms. The number of nitrogens with one attached hydrogen (secondary N) is 1. The molecule has 0 spiro atoms. The van der Waals surface area contributed by atoms with E-state index in [0.717, 1.165) is 95.3 Å². The maximum atomic E-state index is 15.3. The smallest absolute Gasteiger partial charge is 0.311 e. The highest BCUT2D eigenvalue weighted by molar-refractivity contribution is 5.78. The molecule has 1 aromatic carbocycles. The van der Waals surface area contributed by atoms with Crippen molar-refractivity contribution in [3.8, 4) is 5.75 Å². The first-order valence-electron chi connectivity index (χ1n) is 15.5. The second-order valence-electron chi connectivity index (χ2n) is 12.4. The van der Waals surface area contributed by atoms with Crippen LogP contribution in [0.5, 0.6) is 5.75 Å². The topological polar surface area (TPSA) is 83.9 Å². The average molecular weight is 568 g/mol. The Kier molecular flexibility index (Phi) is 9.81. The molecule has 3 aliphatic heterocycles. The molecule has 0 amide bonds. The molecule has 1 atom stereocenters. The molecule has 2 aromatic rings. The predicted octanol–water partition coefficient (Wildman–Crippen LogP) is 5.95. The monoisotopic (exact) mass is 567 g/mol. The number of aryl methyl sites for hydroxylation is 2. The van der Waals surface area contributed by atoms with E-state index in [4.69, 9.17) is 14.5 Å². The van der Waals surface area contributed by atoms with Gasteiger partial charge >= 0.3 is 5.97 Å². The van der Waals surface area contributed by atoms with Crippen LogP contribution >= 0.6 is 0 Å². The summed E-state index contributed by atoms with van der Waals surface area (Å²) >= 11 is 0. The number of pyridine rings is 1. The number of hydrogen-bond acceptors (Lipinski definition) is 6. The van der Waals surface area contributed by atoms with Gasteiger partial charge < -0.3 is 24.8 Å². The fourth-order valence-corrected chi connectivity index (χ4v) is 6.94. The zero-order valence-corrected chi connectivity index (χ0v) is 24.7. The van der Waals surface area contributed by atoms with Gasteiger partial charge in [0.2, 0.25) is 0 Å². The number of benzene rings is 1. The lowest BCUT2D eigenvalue weighted by molar-refractivity contribution is -0.140. The summed E-state index contributed by atoms with van der Waals surface area (Å²) in [7, 11) is 1.43. The SMILES string of the molecule is COc1c(F)cc(C2(C)CCOCC2)cc1[C@H](C(=O)O)C1CCN(CCCCCc2ccc3c(n2)NCCC3)CC1. The van der Waals surface area contributed by atoms with Gasteiger partial charge in [0.1, 0.15) is 5.82 Å². The molecule has 8 heteroatoms. The van der Waals surface area contributed by atoms with Crippen molar-refractivity contribution in [1.82, 2.24) is 9.88 Å². The zero-order chi connectivity index (χ0) is 28.8. The second-order valence-corrected chi connectivity index (χ2v) is 12.4. The summed E-state index contributed by atoms with van der Waals surface area (Å²) in [6.45, 7) is 7.15. The number of aromatic nitrogens is 1. The first-order chi connectivity index (χ1) is 19.9. The normalized spacial score (nSPS) is 20.2. The molecule has 0 saturated carbocycles. The number of halogens is 1. The molecule has 0 aliphatic carbocycles. The number of carboxylic acid groups (broad SMARTS) is 1. The number of piperidine rings is 1. The molecule has 0 unspecified atom stereocenters. The number of nitrogens with zero attached hydrogens (tertiary/aromatic N) is 2. The van der Waals surface area contributed by atoms with Crippen LogP contribution in [0.3, 0.4) is 0 Å². The number of aliphatic carboxylic acids is 1. The average Bonchev–Trinajstić information content (AvgIpc) is 2.98. The Labute approximate surface area is 243 Å². The first-order valence-corrected chi connectivity index (χ1v) is 15.5. The summed E-state index contributed by atoms with van der Waals surface area (Å²) in [4.78, 5) is 19.9. The van der Waals surface area contributed by atoms with Crippen LogP contribution in [0.1, 0.15) is 86.6 Å². The fraction of sp³-hybridized carbons (Fsp3) is 0.636. The van der Waals surface area contributed by atoms with E-state index in [2.05, 4.69) is 29.3 Å². The number of unbranched alkanes of at least 4 members (excludes halogenated alkanes) is 2. The largest absolute Gasteiger partial charge is 0.493 e.